The highest BCUT2D eigenvalue weighted by atomic mass is 32.1. The number of nitro groups is 2. The van der Waals surface area contributed by atoms with Gasteiger partial charge in [-0.2, -0.15) is 13.2 Å². The minimum atomic E-state index is -5.08. The Labute approximate surface area is 205 Å². The molecule has 0 spiro atoms. The Morgan fingerprint density at radius 3 is 2.00 bits per heavy atom. The third-order valence-electron chi connectivity index (χ3n) is 5.52. The van der Waals surface area contributed by atoms with Crippen molar-refractivity contribution in [3.63, 3.8) is 0 Å². The van der Waals surface area contributed by atoms with E-state index in [1.54, 1.807) is 18.2 Å². The van der Waals surface area contributed by atoms with Crippen LogP contribution in [-0.2, 0) is 19.1 Å². The summed E-state index contributed by atoms with van der Waals surface area (Å²) in [7, 11) is 0. The number of aryl methyl sites for hydroxylation is 1. The molecule has 36 heavy (non-hydrogen) atoms. The topological polar surface area (TPSA) is 113 Å². The number of para-hydroxylation sites is 1. The molecule has 184 valence electrons. The van der Waals surface area contributed by atoms with Crippen LogP contribution in [0.15, 0.2) is 71.5 Å². The highest BCUT2D eigenvalue weighted by Crippen LogP contribution is 2.40. The van der Waals surface area contributed by atoms with E-state index < -0.39 is 44.2 Å². The molecule has 0 aliphatic rings. The Balaban J connectivity index is 2.10. The largest absolute Gasteiger partial charge is 0.416 e. The van der Waals surface area contributed by atoms with Crippen LogP contribution in [0.3, 0.4) is 0 Å². The van der Waals surface area contributed by atoms with E-state index in [9.17, 15) is 38.2 Å². The molecule has 1 aromatic heterocycles. The van der Waals surface area contributed by atoms with E-state index in [1.165, 1.54) is 24.3 Å². The van der Waals surface area contributed by atoms with Gasteiger partial charge in [-0.15, -0.1) is 0 Å². The molecular formula is C23H15F3N4O5S. The molecule has 0 unspecified atom stereocenters. The summed E-state index contributed by atoms with van der Waals surface area (Å²) in [4.78, 5) is 34.7. The van der Waals surface area contributed by atoms with Crippen molar-refractivity contribution < 1.29 is 23.0 Å². The maximum atomic E-state index is 13.4. The highest BCUT2D eigenvalue weighted by molar-refractivity contribution is 7.71. The summed E-state index contributed by atoms with van der Waals surface area (Å²) in [5.74, 6) is 0. The fourth-order valence-electron chi connectivity index (χ4n) is 3.88. The van der Waals surface area contributed by atoms with Crippen LogP contribution in [-0.4, -0.2) is 19.0 Å². The standard InChI is InChI=1S/C23H15F3N4O5S/c24-23(25,26)15-12-18(29(32)33)20(19(13-15)30(34)35)28-17-9-5-4-8-16(17)21(31)27(22(28)36)11-10-14-6-2-1-3-7-14/h1-9,12-13H,10-11H2. The van der Waals surface area contributed by atoms with E-state index in [0.717, 1.165) is 14.7 Å². The predicted octanol–water partition coefficient (Wildman–Crippen LogP) is 5.60. The van der Waals surface area contributed by atoms with Gasteiger partial charge in [0, 0.05) is 18.7 Å². The molecule has 0 atom stereocenters. The molecule has 0 N–H and O–H groups in total. The van der Waals surface area contributed by atoms with E-state index in [4.69, 9.17) is 12.2 Å². The minimum Gasteiger partial charge on any atom is -0.284 e. The molecule has 0 saturated carbocycles. The van der Waals surface area contributed by atoms with Gasteiger partial charge >= 0.3 is 17.6 Å². The number of hydrogen-bond acceptors (Lipinski definition) is 6. The number of benzene rings is 3. The van der Waals surface area contributed by atoms with Crippen LogP contribution in [0.2, 0.25) is 0 Å². The number of fused-ring (bicyclic) bond motifs is 1. The van der Waals surface area contributed by atoms with Gasteiger partial charge in [0.25, 0.3) is 5.56 Å². The number of nitrogens with zero attached hydrogens (tertiary/aromatic N) is 4. The van der Waals surface area contributed by atoms with E-state index in [-0.39, 0.29) is 34.4 Å². The monoisotopic (exact) mass is 516 g/mol. The fourth-order valence-corrected chi connectivity index (χ4v) is 4.24. The maximum absolute atomic E-state index is 13.4. The minimum absolute atomic E-state index is 0.0191. The number of halogens is 3. The van der Waals surface area contributed by atoms with Crippen molar-refractivity contribution in [2.75, 3.05) is 0 Å². The zero-order chi connectivity index (χ0) is 26.2. The van der Waals surface area contributed by atoms with Crippen molar-refractivity contribution in [2.45, 2.75) is 19.1 Å². The average Bonchev–Trinajstić information content (AvgIpc) is 2.83. The molecule has 9 nitrogen and oxygen atoms in total. The Kier molecular flexibility index (Phi) is 6.41. The molecule has 0 aliphatic carbocycles. The lowest BCUT2D eigenvalue weighted by molar-refractivity contribution is -0.394. The van der Waals surface area contributed by atoms with Crippen molar-refractivity contribution in [3.05, 3.63) is 113 Å². The molecule has 0 bridgehead atoms. The zero-order valence-corrected chi connectivity index (χ0v) is 19.0. The van der Waals surface area contributed by atoms with E-state index in [2.05, 4.69) is 0 Å². The molecule has 0 saturated heterocycles. The van der Waals surface area contributed by atoms with Crippen LogP contribution in [0.25, 0.3) is 16.6 Å². The zero-order valence-electron chi connectivity index (χ0n) is 18.1. The molecule has 0 fully saturated rings. The quantitative estimate of drug-likeness (QED) is 0.187. The van der Waals surface area contributed by atoms with Gasteiger partial charge in [0.2, 0.25) is 5.69 Å². The third-order valence-corrected chi connectivity index (χ3v) is 5.93. The van der Waals surface area contributed by atoms with Crippen molar-refractivity contribution in [1.29, 1.82) is 0 Å². The molecule has 4 rings (SSSR count). The normalized spacial score (nSPS) is 11.5. The molecule has 0 amide bonds. The molecule has 13 heteroatoms. The number of aromatic nitrogens is 2. The van der Waals surface area contributed by atoms with Crippen LogP contribution >= 0.6 is 12.2 Å². The average molecular weight is 516 g/mol. The lowest BCUT2D eigenvalue weighted by Gasteiger charge is -2.17. The lowest BCUT2D eigenvalue weighted by atomic mass is 10.1. The van der Waals surface area contributed by atoms with Gasteiger partial charge in [-0.1, -0.05) is 42.5 Å². The van der Waals surface area contributed by atoms with Gasteiger partial charge in [-0.3, -0.25) is 34.2 Å². The Bertz CT molecular complexity index is 1600. The second-order valence-corrected chi connectivity index (χ2v) is 8.07. The third kappa shape index (κ3) is 4.47. The van der Waals surface area contributed by atoms with Crippen LogP contribution in [0, 0.1) is 25.0 Å². The number of alkyl halides is 3. The number of nitro benzene ring substituents is 2. The Hall–Kier alpha value is -4.39. The van der Waals surface area contributed by atoms with Crippen molar-refractivity contribution in [1.82, 2.24) is 9.13 Å². The number of rotatable bonds is 6. The van der Waals surface area contributed by atoms with Crippen molar-refractivity contribution in [3.8, 4) is 5.69 Å². The van der Waals surface area contributed by atoms with Gasteiger partial charge in [-0.05, 0) is 36.3 Å². The first kappa shape index (κ1) is 24.7. The van der Waals surface area contributed by atoms with Crippen LogP contribution in [0.1, 0.15) is 11.1 Å². The summed E-state index contributed by atoms with van der Waals surface area (Å²) in [5, 5.41) is 23.7. The molecule has 1 heterocycles. The summed E-state index contributed by atoms with van der Waals surface area (Å²) >= 11 is 5.46. The first-order valence-corrected chi connectivity index (χ1v) is 10.7. The smallest absolute Gasteiger partial charge is 0.284 e. The Morgan fingerprint density at radius 2 is 1.44 bits per heavy atom. The van der Waals surface area contributed by atoms with Crippen LogP contribution in [0.5, 0.6) is 0 Å². The van der Waals surface area contributed by atoms with Gasteiger partial charge < -0.3 is 0 Å². The van der Waals surface area contributed by atoms with E-state index in [1.807, 2.05) is 12.1 Å². The summed E-state index contributed by atoms with van der Waals surface area (Å²) in [5.41, 5.74) is -4.39. The highest BCUT2D eigenvalue weighted by Gasteiger charge is 2.38. The number of hydrogen-bond donors (Lipinski definition) is 0. The van der Waals surface area contributed by atoms with Crippen LogP contribution < -0.4 is 5.56 Å². The lowest BCUT2D eigenvalue weighted by Crippen LogP contribution is -2.26. The maximum Gasteiger partial charge on any atom is 0.416 e. The van der Waals surface area contributed by atoms with E-state index >= 15 is 0 Å². The fraction of sp³-hybridized carbons (Fsp3) is 0.130. The van der Waals surface area contributed by atoms with Crippen molar-refractivity contribution >= 4 is 34.5 Å². The summed E-state index contributed by atoms with van der Waals surface area (Å²) in [6.07, 6.45) is -4.74. The molecular weight excluding hydrogens is 501 g/mol. The summed E-state index contributed by atoms with van der Waals surface area (Å²) < 4.78 is 41.9. The SMILES string of the molecule is O=c1c2ccccc2n(-c2c([N+](=O)[O-])cc(C(F)(F)F)cc2[N+](=O)[O-])c(=S)n1CCc1ccccc1. The van der Waals surface area contributed by atoms with Gasteiger partial charge in [0.1, 0.15) is 0 Å². The summed E-state index contributed by atoms with van der Waals surface area (Å²) in [6.45, 7) is 0.0226. The van der Waals surface area contributed by atoms with Crippen molar-refractivity contribution in [2.24, 2.45) is 0 Å². The molecule has 0 aliphatic heterocycles. The van der Waals surface area contributed by atoms with Gasteiger partial charge in [0.05, 0.1) is 26.3 Å². The second-order valence-electron chi connectivity index (χ2n) is 7.70. The van der Waals surface area contributed by atoms with Gasteiger partial charge in [-0.25, -0.2) is 0 Å². The predicted molar refractivity (Wildman–Crippen MR) is 127 cm³/mol. The molecule has 0 radical (unpaired) electrons. The first-order chi connectivity index (χ1) is 17.0. The molecule has 3 aromatic carbocycles. The van der Waals surface area contributed by atoms with E-state index in [0.29, 0.717) is 6.42 Å². The molecule has 4 aromatic rings. The second kappa shape index (κ2) is 9.34. The van der Waals surface area contributed by atoms with Crippen LogP contribution in [0.4, 0.5) is 24.5 Å². The van der Waals surface area contributed by atoms with Gasteiger partial charge in [0.15, 0.2) is 4.77 Å². The Morgan fingerprint density at radius 1 is 0.889 bits per heavy atom. The summed E-state index contributed by atoms with van der Waals surface area (Å²) in [6, 6.07) is 15.2. The first-order valence-electron chi connectivity index (χ1n) is 10.3.